The maximum atomic E-state index is 12.7. The minimum Gasteiger partial charge on any atom is -0.339 e. The van der Waals surface area contributed by atoms with E-state index >= 15 is 0 Å². The predicted molar refractivity (Wildman–Crippen MR) is 117 cm³/mol. The third-order valence-electron chi connectivity index (χ3n) is 3.65. The van der Waals surface area contributed by atoms with Crippen LogP contribution in [0.5, 0.6) is 0 Å². The van der Waals surface area contributed by atoms with Gasteiger partial charge in [-0.05, 0) is 42.4 Å². The van der Waals surface area contributed by atoms with Crippen LogP contribution in [0.3, 0.4) is 0 Å². The second-order valence-electron chi connectivity index (χ2n) is 6.43. The number of carbonyl (C=O) groups excluding carboxylic acids is 2. The van der Waals surface area contributed by atoms with Crippen LogP contribution in [-0.2, 0) is 4.79 Å². The summed E-state index contributed by atoms with van der Waals surface area (Å²) < 4.78 is 0.914. The number of anilines is 1. The quantitative estimate of drug-likeness (QED) is 0.415. The van der Waals surface area contributed by atoms with Crippen molar-refractivity contribution in [1.29, 1.82) is 0 Å². The zero-order chi connectivity index (χ0) is 20.7. The summed E-state index contributed by atoms with van der Waals surface area (Å²) in [7, 11) is 0. The number of halogens is 2. The van der Waals surface area contributed by atoms with Crippen LogP contribution in [0.2, 0.25) is 5.02 Å². The largest absolute Gasteiger partial charge is 0.339 e. The van der Waals surface area contributed by atoms with Crippen molar-refractivity contribution in [1.82, 2.24) is 15.3 Å². The normalized spacial score (nSPS) is 11.9. The molecule has 150 valence electrons. The van der Waals surface area contributed by atoms with E-state index in [0.717, 1.165) is 10.2 Å². The van der Waals surface area contributed by atoms with Gasteiger partial charge < -0.3 is 10.6 Å². The van der Waals surface area contributed by atoms with Crippen molar-refractivity contribution >= 4 is 56.8 Å². The molecule has 0 aliphatic rings. The van der Waals surface area contributed by atoms with Crippen molar-refractivity contribution < 1.29 is 9.59 Å². The van der Waals surface area contributed by atoms with Gasteiger partial charge in [0.25, 0.3) is 5.91 Å². The minimum absolute atomic E-state index is 0.0674. The van der Waals surface area contributed by atoms with Crippen LogP contribution < -0.4 is 10.6 Å². The summed E-state index contributed by atoms with van der Waals surface area (Å²) in [6.07, 6.45) is 1.88. The summed E-state index contributed by atoms with van der Waals surface area (Å²) >= 11 is 10.9. The van der Waals surface area contributed by atoms with E-state index in [1.54, 1.807) is 12.1 Å². The molecule has 1 atom stereocenters. The molecule has 2 N–H and O–H groups in total. The number of nitrogens with one attached hydrogen (secondary N) is 2. The molecule has 0 saturated heterocycles. The number of hydrogen-bond donors (Lipinski definition) is 2. The smallest absolute Gasteiger partial charge is 0.272 e. The van der Waals surface area contributed by atoms with Crippen LogP contribution in [-0.4, -0.2) is 33.6 Å². The van der Waals surface area contributed by atoms with Crippen LogP contribution in [0.15, 0.2) is 40.1 Å². The van der Waals surface area contributed by atoms with E-state index < -0.39 is 11.9 Å². The highest BCUT2D eigenvalue weighted by atomic mass is 79.9. The number of thioether (sulfide) groups is 1. The van der Waals surface area contributed by atoms with Crippen LogP contribution in [0.25, 0.3) is 0 Å². The molecule has 6 nitrogen and oxygen atoms in total. The monoisotopic (exact) mass is 484 g/mol. The van der Waals surface area contributed by atoms with E-state index in [0.29, 0.717) is 17.3 Å². The molecule has 1 heterocycles. The maximum Gasteiger partial charge on any atom is 0.272 e. The summed E-state index contributed by atoms with van der Waals surface area (Å²) in [4.78, 5) is 33.8. The first-order valence-corrected chi connectivity index (χ1v) is 11.0. The van der Waals surface area contributed by atoms with Crippen molar-refractivity contribution in [2.24, 2.45) is 5.92 Å². The molecule has 9 heteroatoms. The lowest BCUT2D eigenvalue weighted by atomic mass is 10.0. The predicted octanol–water partition coefficient (Wildman–Crippen LogP) is 4.79. The number of rotatable bonds is 8. The fourth-order valence-corrected chi connectivity index (χ4v) is 3.38. The Balaban J connectivity index is 2.16. The lowest BCUT2D eigenvalue weighted by Gasteiger charge is -2.20. The lowest BCUT2D eigenvalue weighted by molar-refractivity contribution is -0.118. The Morgan fingerprint density at radius 3 is 2.54 bits per heavy atom. The topological polar surface area (TPSA) is 84.0 Å². The van der Waals surface area contributed by atoms with E-state index in [4.69, 9.17) is 11.6 Å². The lowest BCUT2D eigenvalue weighted by Crippen LogP contribution is -2.45. The third-order valence-corrected chi connectivity index (χ3v) is 5.20. The number of amides is 2. The molecular formula is C19H22BrClN4O2S. The molecule has 0 aliphatic heterocycles. The summed E-state index contributed by atoms with van der Waals surface area (Å²) in [6.45, 7) is 5.94. The van der Waals surface area contributed by atoms with E-state index in [2.05, 4.69) is 36.5 Å². The van der Waals surface area contributed by atoms with E-state index in [-0.39, 0.29) is 22.5 Å². The summed E-state index contributed by atoms with van der Waals surface area (Å²) in [5.74, 6) is 0.182. The first-order chi connectivity index (χ1) is 13.3. The number of nitrogens with zero attached hydrogens (tertiary/aromatic N) is 2. The zero-order valence-electron chi connectivity index (χ0n) is 15.8. The van der Waals surface area contributed by atoms with Gasteiger partial charge in [-0.1, -0.05) is 60.1 Å². The Morgan fingerprint density at radius 2 is 1.93 bits per heavy atom. The maximum absolute atomic E-state index is 12.7. The van der Waals surface area contributed by atoms with E-state index in [9.17, 15) is 9.59 Å². The zero-order valence-corrected chi connectivity index (χ0v) is 19.0. The average molecular weight is 486 g/mol. The van der Waals surface area contributed by atoms with E-state index in [1.807, 2.05) is 32.9 Å². The Hall–Kier alpha value is -1.64. The molecule has 2 amide bonds. The number of benzene rings is 1. The van der Waals surface area contributed by atoms with Gasteiger partial charge in [0.1, 0.15) is 6.04 Å². The highest BCUT2D eigenvalue weighted by Gasteiger charge is 2.25. The average Bonchev–Trinajstić information content (AvgIpc) is 2.64. The Bertz CT molecular complexity index is 833. The highest BCUT2D eigenvalue weighted by molar-refractivity contribution is 9.10. The van der Waals surface area contributed by atoms with Crippen LogP contribution in [0.1, 0.15) is 37.7 Å². The van der Waals surface area contributed by atoms with Gasteiger partial charge in [-0.15, -0.1) is 0 Å². The second-order valence-corrected chi connectivity index (χ2v) is 8.99. The van der Waals surface area contributed by atoms with Gasteiger partial charge >= 0.3 is 0 Å². The second kappa shape index (κ2) is 10.8. The Kier molecular flexibility index (Phi) is 8.72. The summed E-state index contributed by atoms with van der Waals surface area (Å²) in [5, 5.41) is 6.21. The molecule has 0 bridgehead atoms. The van der Waals surface area contributed by atoms with Crippen molar-refractivity contribution in [3.8, 4) is 0 Å². The minimum atomic E-state index is -0.718. The number of aromatic nitrogens is 2. The molecule has 0 saturated carbocycles. The number of hydrogen-bond acceptors (Lipinski definition) is 5. The molecule has 2 aromatic rings. The van der Waals surface area contributed by atoms with Crippen molar-refractivity contribution in [3.05, 3.63) is 45.7 Å². The van der Waals surface area contributed by atoms with Gasteiger partial charge in [-0.2, -0.15) is 0 Å². The van der Waals surface area contributed by atoms with Gasteiger partial charge in [0.05, 0.1) is 11.2 Å². The SMILES string of the molecule is CCSc1ncc(Cl)c(C(=O)N[C@@H](CC(C)C)C(=O)Nc2ccc(Br)cc2)n1. The molecule has 1 aromatic heterocycles. The molecule has 0 aliphatic carbocycles. The highest BCUT2D eigenvalue weighted by Crippen LogP contribution is 2.19. The first kappa shape index (κ1) is 22.6. The fraction of sp³-hybridized carbons (Fsp3) is 0.368. The van der Waals surface area contributed by atoms with Gasteiger partial charge in [0.2, 0.25) is 5.91 Å². The molecule has 0 spiro atoms. The molecule has 2 rings (SSSR count). The molecule has 0 unspecified atom stereocenters. The van der Waals surface area contributed by atoms with Crippen LogP contribution in [0.4, 0.5) is 5.69 Å². The van der Waals surface area contributed by atoms with Gasteiger partial charge in [0, 0.05) is 10.2 Å². The van der Waals surface area contributed by atoms with Crippen LogP contribution in [0, 0.1) is 5.92 Å². The molecule has 0 radical (unpaired) electrons. The van der Waals surface area contributed by atoms with Gasteiger partial charge in [0.15, 0.2) is 10.9 Å². The first-order valence-electron chi connectivity index (χ1n) is 8.82. The van der Waals surface area contributed by atoms with Gasteiger partial charge in [-0.3, -0.25) is 9.59 Å². The van der Waals surface area contributed by atoms with Crippen molar-refractivity contribution in [2.45, 2.75) is 38.4 Å². The molecule has 1 aromatic carbocycles. The molecule has 0 fully saturated rings. The molecule has 28 heavy (non-hydrogen) atoms. The standard InChI is InChI=1S/C19H22BrClN4O2S/c1-4-28-19-22-10-14(21)16(25-19)18(27)24-15(9-11(2)3)17(26)23-13-7-5-12(20)6-8-13/h5-8,10-11,15H,4,9H2,1-3H3,(H,23,26)(H,24,27)/t15-/m0/s1. The Morgan fingerprint density at radius 1 is 1.25 bits per heavy atom. The fourth-order valence-electron chi connectivity index (χ4n) is 2.40. The summed E-state index contributed by atoms with van der Waals surface area (Å²) in [6, 6.07) is 6.51. The molecular weight excluding hydrogens is 464 g/mol. The van der Waals surface area contributed by atoms with Gasteiger partial charge in [-0.25, -0.2) is 9.97 Å². The summed E-state index contributed by atoms with van der Waals surface area (Å²) in [5.41, 5.74) is 0.718. The third kappa shape index (κ3) is 6.76. The van der Waals surface area contributed by atoms with Crippen LogP contribution >= 0.6 is 39.3 Å². The van der Waals surface area contributed by atoms with E-state index in [1.165, 1.54) is 18.0 Å². The number of carbonyl (C=O) groups is 2. The van der Waals surface area contributed by atoms with Crippen molar-refractivity contribution in [2.75, 3.05) is 11.1 Å². The van der Waals surface area contributed by atoms with Crippen molar-refractivity contribution in [3.63, 3.8) is 0 Å². The Labute approximate surface area is 182 Å².